The zero-order valence-corrected chi connectivity index (χ0v) is 7.17. The molecule has 78 valence electrons. The summed E-state index contributed by atoms with van der Waals surface area (Å²) in [6.07, 6.45) is -1.36. The van der Waals surface area contributed by atoms with E-state index in [1.165, 1.54) is 6.07 Å². The monoisotopic (exact) mass is 205 g/mol. The van der Waals surface area contributed by atoms with Gasteiger partial charge in [0.1, 0.15) is 12.0 Å². The first-order valence-electron chi connectivity index (χ1n) is 3.89. The van der Waals surface area contributed by atoms with Crippen molar-refractivity contribution < 1.29 is 23.1 Å². The van der Waals surface area contributed by atoms with Crippen LogP contribution in [0.15, 0.2) is 16.7 Å². The number of alkyl halides is 2. The largest absolute Gasteiger partial charge is 0.478 e. The van der Waals surface area contributed by atoms with Gasteiger partial charge in [-0.1, -0.05) is 0 Å². The van der Waals surface area contributed by atoms with Crippen LogP contribution >= 0.6 is 0 Å². The summed E-state index contributed by atoms with van der Waals surface area (Å²) >= 11 is 0. The van der Waals surface area contributed by atoms with E-state index in [-0.39, 0.29) is 12.1 Å². The summed E-state index contributed by atoms with van der Waals surface area (Å²) in [6.45, 7) is -0.347. The van der Waals surface area contributed by atoms with E-state index < -0.39 is 18.9 Å². The highest BCUT2D eigenvalue weighted by molar-refractivity contribution is 5.87. The summed E-state index contributed by atoms with van der Waals surface area (Å²) in [5.41, 5.74) is 0.0128. The highest BCUT2D eigenvalue weighted by Crippen LogP contribution is 2.07. The van der Waals surface area contributed by atoms with Gasteiger partial charge in [0.25, 0.3) is 6.43 Å². The molecule has 0 bridgehead atoms. The van der Waals surface area contributed by atoms with Crippen LogP contribution in [0.5, 0.6) is 0 Å². The van der Waals surface area contributed by atoms with Gasteiger partial charge in [0.05, 0.1) is 18.7 Å². The first kappa shape index (κ1) is 10.6. The molecule has 0 amide bonds. The van der Waals surface area contributed by atoms with Gasteiger partial charge in [-0.25, -0.2) is 13.6 Å². The highest BCUT2D eigenvalue weighted by Gasteiger charge is 2.08. The summed E-state index contributed by atoms with van der Waals surface area (Å²) in [6, 6.07) is 1.29. The SMILES string of the molecule is O=C(O)c1coc(CNCC(F)F)c1. The van der Waals surface area contributed by atoms with Crippen LogP contribution in [0, 0.1) is 0 Å². The van der Waals surface area contributed by atoms with Crippen LogP contribution in [0.4, 0.5) is 8.78 Å². The molecule has 4 nitrogen and oxygen atoms in total. The first-order chi connectivity index (χ1) is 6.59. The fourth-order valence-corrected chi connectivity index (χ4v) is 0.890. The van der Waals surface area contributed by atoms with Gasteiger partial charge in [0, 0.05) is 0 Å². The Morgan fingerprint density at radius 3 is 2.86 bits per heavy atom. The van der Waals surface area contributed by atoms with Gasteiger partial charge >= 0.3 is 5.97 Å². The molecule has 0 saturated carbocycles. The summed E-state index contributed by atoms with van der Waals surface area (Å²) < 4.78 is 28.2. The molecule has 0 spiro atoms. The maximum Gasteiger partial charge on any atom is 0.338 e. The smallest absolute Gasteiger partial charge is 0.338 e. The van der Waals surface area contributed by atoms with E-state index in [0.29, 0.717) is 5.76 Å². The number of carboxylic acids is 1. The average Bonchev–Trinajstić information content (AvgIpc) is 2.52. The van der Waals surface area contributed by atoms with Gasteiger partial charge in [-0.3, -0.25) is 0 Å². The number of halogens is 2. The predicted molar refractivity (Wildman–Crippen MR) is 43.4 cm³/mol. The lowest BCUT2D eigenvalue weighted by Crippen LogP contribution is -2.20. The van der Waals surface area contributed by atoms with Gasteiger partial charge < -0.3 is 14.8 Å². The van der Waals surface area contributed by atoms with E-state index in [0.717, 1.165) is 6.26 Å². The Kier molecular flexibility index (Phi) is 3.58. The van der Waals surface area contributed by atoms with Crippen LogP contribution < -0.4 is 5.32 Å². The maximum absolute atomic E-state index is 11.7. The molecular formula is C8H9F2NO3. The van der Waals surface area contributed by atoms with Gasteiger partial charge in [-0.2, -0.15) is 0 Å². The normalized spacial score (nSPS) is 10.8. The van der Waals surface area contributed by atoms with E-state index in [9.17, 15) is 13.6 Å². The van der Waals surface area contributed by atoms with Crippen molar-refractivity contribution in [3.05, 3.63) is 23.7 Å². The van der Waals surface area contributed by atoms with Crippen molar-refractivity contribution in [1.82, 2.24) is 5.32 Å². The predicted octanol–water partition coefficient (Wildman–Crippen LogP) is 1.33. The lowest BCUT2D eigenvalue weighted by Gasteiger charge is -1.99. The Balaban J connectivity index is 2.40. The molecule has 0 aliphatic carbocycles. The third kappa shape index (κ3) is 3.14. The minimum absolute atomic E-state index is 0.0128. The third-order valence-corrected chi connectivity index (χ3v) is 1.50. The summed E-state index contributed by atoms with van der Waals surface area (Å²) in [5, 5.41) is 10.9. The van der Waals surface area contributed by atoms with Crippen molar-refractivity contribution in [3.63, 3.8) is 0 Å². The standard InChI is InChI=1S/C8H9F2NO3/c9-7(10)3-11-2-6-1-5(4-14-6)8(12)13/h1,4,7,11H,2-3H2,(H,12,13). The molecule has 14 heavy (non-hydrogen) atoms. The zero-order valence-electron chi connectivity index (χ0n) is 7.17. The Morgan fingerprint density at radius 2 is 2.36 bits per heavy atom. The quantitative estimate of drug-likeness (QED) is 0.761. The van der Waals surface area contributed by atoms with Crippen molar-refractivity contribution >= 4 is 5.97 Å². The Bertz CT molecular complexity index is 311. The molecule has 2 N–H and O–H groups in total. The topological polar surface area (TPSA) is 62.5 Å². The van der Waals surface area contributed by atoms with Crippen LogP contribution in [0.2, 0.25) is 0 Å². The second-order valence-corrected chi connectivity index (χ2v) is 2.63. The molecule has 0 saturated heterocycles. The van der Waals surface area contributed by atoms with Gasteiger partial charge in [0.2, 0.25) is 0 Å². The summed E-state index contributed by atoms with van der Waals surface area (Å²) in [4.78, 5) is 10.4. The van der Waals surface area contributed by atoms with Crippen molar-refractivity contribution in [2.45, 2.75) is 13.0 Å². The molecule has 0 fully saturated rings. The number of rotatable bonds is 5. The number of hydrogen-bond donors (Lipinski definition) is 2. The molecule has 0 atom stereocenters. The second-order valence-electron chi connectivity index (χ2n) is 2.63. The number of carboxylic acid groups (broad SMARTS) is 1. The average molecular weight is 205 g/mol. The van der Waals surface area contributed by atoms with E-state index >= 15 is 0 Å². The third-order valence-electron chi connectivity index (χ3n) is 1.50. The molecular weight excluding hydrogens is 196 g/mol. The Morgan fingerprint density at radius 1 is 1.64 bits per heavy atom. The molecule has 0 unspecified atom stereocenters. The van der Waals surface area contributed by atoms with Crippen LogP contribution in [0.25, 0.3) is 0 Å². The van der Waals surface area contributed by atoms with Crippen molar-refractivity contribution in [3.8, 4) is 0 Å². The van der Waals surface area contributed by atoms with Crippen LogP contribution in [0.1, 0.15) is 16.1 Å². The molecule has 1 aromatic heterocycles. The lowest BCUT2D eigenvalue weighted by molar-refractivity contribution is 0.0696. The molecule has 1 heterocycles. The number of furan rings is 1. The molecule has 0 aliphatic rings. The Labute approximate surface area is 78.5 Å². The minimum atomic E-state index is -2.43. The number of hydrogen-bond acceptors (Lipinski definition) is 3. The second kappa shape index (κ2) is 4.71. The van der Waals surface area contributed by atoms with Crippen LogP contribution in [-0.4, -0.2) is 24.0 Å². The molecule has 0 aromatic carbocycles. The van der Waals surface area contributed by atoms with Gasteiger partial charge in [-0.15, -0.1) is 0 Å². The molecule has 1 aromatic rings. The molecule has 6 heteroatoms. The molecule has 0 radical (unpaired) electrons. The summed E-state index contributed by atoms with van der Waals surface area (Å²) in [5.74, 6) is -0.781. The number of carbonyl (C=O) groups is 1. The van der Waals surface area contributed by atoms with Crippen LogP contribution in [-0.2, 0) is 6.54 Å². The zero-order chi connectivity index (χ0) is 10.6. The lowest BCUT2D eigenvalue weighted by atomic mass is 10.3. The number of aromatic carboxylic acids is 1. The van der Waals surface area contributed by atoms with Crippen molar-refractivity contribution in [2.24, 2.45) is 0 Å². The first-order valence-corrected chi connectivity index (χ1v) is 3.89. The maximum atomic E-state index is 11.7. The summed E-state index contributed by atoms with van der Waals surface area (Å²) in [7, 11) is 0. The molecule has 0 aliphatic heterocycles. The van der Waals surface area contributed by atoms with E-state index in [4.69, 9.17) is 9.52 Å². The van der Waals surface area contributed by atoms with E-state index in [1.54, 1.807) is 0 Å². The van der Waals surface area contributed by atoms with Gasteiger partial charge in [0.15, 0.2) is 0 Å². The van der Waals surface area contributed by atoms with Crippen molar-refractivity contribution in [2.75, 3.05) is 6.54 Å². The van der Waals surface area contributed by atoms with E-state index in [2.05, 4.69) is 5.32 Å². The Hall–Kier alpha value is -1.43. The van der Waals surface area contributed by atoms with Crippen molar-refractivity contribution in [1.29, 1.82) is 0 Å². The molecule has 1 rings (SSSR count). The number of nitrogens with one attached hydrogen (secondary N) is 1. The highest BCUT2D eigenvalue weighted by atomic mass is 19.3. The fraction of sp³-hybridized carbons (Fsp3) is 0.375. The fourth-order valence-electron chi connectivity index (χ4n) is 0.890. The van der Waals surface area contributed by atoms with Crippen LogP contribution in [0.3, 0.4) is 0 Å². The van der Waals surface area contributed by atoms with Gasteiger partial charge in [-0.05, 0) is 6.07 Å². The minimum Gasteiger partial charge on any atom is -0.478 e. The van der Waals surface area contributed by atoms with E-state index in [1.807, 2.05) is 0 Å².